The molecule has 0 aliphatic heterocycles. The zero-order valence-corrected chi connectivity index (χ0v) is 12.1. The van der Waals surface area contributed by atoms with Gasteiger partial charge in [0.2, 0.25) is 0 Å². The lowest BCUT2D eigenvalue weighted by atomic mass is 9.87. The number of rotatable bonds is 3. The Balaban J connectivity index is 3.01. The largest absolute Gasteiger partial charge is 0.192 e. The van der Waals surface area contributed by atoms with E-state index < -0.39 is 0 Å². The van der Waals surface area contributed by atoms with E-state index >= 15 is 0 Å². The molecule has 0 aliphatic rings. The lowest BCUT2D eigenvalue weighted by Crippen LogP contribution is -2.09. The van der Waals surface area contributed by atoms with Crippen molar-refractivity contribution in [2.75, 3.05) is 0 Å². The van der Waals surface area contributed by atoms with Gasteiger partial charge in [-0.2, -0.15) is 5.26 Å². The van der Waals surface area contributed by atoms with Crippen molar-refractivity contribution in [1.82, 2.24) is 0 Å². The molecule has 1 heteroatoms. The van der Waals surface area contributed by atoms with Gasteiger partial charge in [-0.1, -0.05) is 58.9 Å². The van der Waals surface area contributed by atoms with Gasteiger partial charge in [0, 0.05) is 0 Å². The van der Waals surface area contributed by atoms with E-state index in [1.54, 1.807) is 0 Å². The van der Waals surface area contributed by atoms with Gasteiger partial charge in [0.25, 0.3) is 0 Å². The van der Waals surface area contributed by atoms with Crippen LogP contribution in [0.2, 0.25) is 0 Å². The molecular weight excluding hydrogens is 218 g/mol. The van der Waals surface area contributed by atoms with Crippen LogP contribution in [0.5, 0.6) is 0 Å². The molecule has 0 spiro atoms. The lowest BCUT2D eigenvalue weighted by Gasteiger charge is -2.18. The minimum atomic E-state index is 0.252. The fraction of sp³-hybridized carbons (Fsp3) is 0.471. The molecule has 1 rings (SSSR count). The Kier molecular flexibility index (Phi) is 4.73. The van der Waals surface area contributed by atoms with E-state index in [0.717, 1.165) is 17.5 Å². The predicted molar refractivity (Wildman–Crippen MR) is 78.2 cm³/mol. The first-order valence-corrected chi connectivity index (χ1v) is 6.53. The second-order valence-electron chi connectivity index (χ2n) is 6.37. The highest BCUT2D eigenvalue weighted by Crippen LogP contribution is 2.23. The number of allylic oxidation sites excluding steroid dienone is 1. The standard InChI is InChI=1S/C17H23N/c1-13(2)6-8-15-9-7-14(10-16(15)12-18)11-17(3,4)5/h6-10,13H,11H2,1-5H3/b8-6+. The molecule has 0 saturated carbocycles. The van der Waals surface area contributed by atoms with Crippen molar-refractivity contribution in [3.05, 3.63) is 41.0 Å². The Hall–Kier alpha value is -1.55. The van der Waals surface area contributed by atoms with E-state index in [0.29, 0.717) is 5.92 Å². The predicted octanol–water partition coefficient (Wildman–Crippen LogP) is 4.82. The van der Waals surface area contributed by atoms with Gasteiger partial charge in [0.15, 0.2) is 0 Å². The van der Waals surface area contributed by atoms with Crippen LogP contribution >= 0.6 is 0 Å². The van der Waals surface area contributed by atoms with Crippen molar-refractivity contribution in [1.29, 1.82) is 5.26 Å². The van der Waals surface area contributed by atoms with Crippen LogP contribution in [-0.4, -0.2) is 0 Å². The topological polar surface area (TPSA) is 23.8 Å². The molecule has 1 aromatic rings. The summed E-state index contributed by atoms with van der Waals surface area (Å²) in [6, 6.07) is 8.50. The Morgan fingerprint density at radius 1 is 1.28 bits per heavy atom. The third-order valence-corrected chi connectivity index (χ3v) is 2.63. The summed E-state index contributed by atoms with van der Waals surface area (Å²) in [5, 5.41) is 9.22. The average Bonchev–Trinajstić information content (AvgIpc) is 2.24. The minimum Gasteiger partial charge on any atom is -0.192 e. The van der Waals surface area contributed by atoms with Gasteiger partial charge in [0.05, 0.1) is 11.6 Å². The maximum absolute atomic E-state index is 9.22. The first-order chi connectivity index (χ1) is 8.31. The molecule has 0 bridgehead atoms. The first-order valence-electron chi connectivity index (χ1n) is 6.53. The maximum Gasteiger partial charge on any atom is 0.0998 e. The quantitative estimate of drug-likeness (QED) is 0.744. The van der Waals surface area contributed by atoms with Crippen molar-refractivity contribution < 1.29 is 0 Å². The minimum absolute atomic E-state index is 0.252. The Bertz CT molecular complexity index is 467. The molecule has 0 radical (unpaired) electrons. The summed E-state index contributed by atoms with van der Waals surface area (Å²) in [5.74, 6) is 0.505. The van der Waals surface area contributed by atoms with Crippen molar-refractivity contribution in [2.45, 2.75) is 41.0 Å². The highest BCUT2D eigenvalue weighted by molar-refractivity contribution is 5.59. The molecule has 96 valence electrons. The van der Waals surface area contributed by atoms with Gasteiger partial charge in [-0.05, 0) is 34.9 Å². The zero-order chi connectivity index (χ0) is 13.8. The van der Waals surface area contributed by atoms with Gasteiger partial charge < -0.3 is 0 Å². The van der Waals surface area contributed by atoms with Crippen LogP contribution in [0.15, 0.2) is 24.3 Å². The molecule has 0 saturated heterocycles. The van der Waals surface area contributed by atoms with E-state index in [1.165, 1.54) is 5.56 Å². The SMILES string of the molecule is CC(C)/C=C/c1ccc(CC(C)(C)C)cc1C#N. The summed E-state index contributed by atoms with van der Waals surface area (Å²) < 4.78 is 0. The number of hydrogen-bond acceptors (Lipinski definition) is 1. The van der Waals surface area contributed by atoms with Crippen LogP contribution in [-0.2, 0) is 6.42 Å². The van der Waals surface area contributed by atoms with E-state index in [-0.39, 0.29) is 5.41 Å². The van der Waals surface area contributed by atoms with E-state index in [1.807, 2.05) is 12.1 Å². The van der Waals surface area contributed by atoms with Gasteiger partial charge in [-0.15, -0.1) is 0 Å². The first kappa shape index (κ1) is 14.5. The average molecular weight is 241 g/mol. The summed E-state index contributed by atoms with van der Waals surface area (Å²) in [6.07, 6.45) is 5.17. The van der Waals surface area contributed by atoms with E-state index in [2.05, 4.69) is 58.9 Å². The van der Waals surface area contributed by atoms with Crippen molar-refractivity contribution in [3.63, 3.8) is 0 Å². The molecular formula is C17H23N. The third-order valence-electron chi connectivity index (χ3n) is 2.63. The monoisotopic (exact) mass is 241 g/mol. The van der Waals surface area contributed by atoms with Gasteiger partial charge >= 0.3 is 0 Å². The van der Waals surface area contributed by atoms with Gasteiger partial charge in [0.1, 0.15) is 0 Å². The molecule has 0 atom stereocenters. The third kappa shape index (κ3) is 4.75. The smallest absolute Gasteiger partial charge is 0.0998 e. The van der Waals surface area contributed by atoms with E-state index in [4.69, 9.17) is 0 Å². The zero-order valence-electron chi connectivity index (χ0n) is 12.1. The lowest BCUT2D eigenvalue weighted by molar-refractivity contribution is 0.411. The number of nitrogens with zero attached hydrogens (tertiary/aromatic N) is 1. The van der Waals surface area contributed by atoms with Crippen LogP contribution in [0.1, 0.15) is 51.3 Å². The van der Waals surface area contributed by atoms with Gasteiger partial charge in [-0.3, -0.25) is 0 Å². The van der Waals surface area contributed by atoms with Crippen LogP contribution < -0.4 is 0 Å². The highest BCUT2D eigenvalue weighted by atomic mass is 14.2. The van der Waals surface area contributed by atoms with Gasteiger partial charge in [-0.25, -0.2) is 0 Å². The number of benzene rings is 1. The molecule has 1 aromatic carbocycles. The Labute approximate surface area is 111 Å². The molecule has 1 nitrogen and oxygen atoms in total. The molecule has 0 fully saturated rings. The fourth-order valence-electron chi connectivity index (χ4n) is 1.86. The van der Waals surface area contributed by atoms with Crippen LogP contribution in [0.3, 0.4) is 0 Å². The Morgan fingerprint density at radius 2 is 1.94 bits per heavy atom. The summed E-state index contributed by atoms with van der Waals surface area (Å²) in [6.45, 7) is 10.9. The molecule has 0 aliphatic carbocycles. The molecule has 0 unspecified atom stereocenters. The highest BCUT2D eigenvalue weighted by Gasteiger charge is 2.12. The summed E-state index contributed by atoms with van der Waals surface area (Å²) in [7, 11) is 0. The normalized spacial score (nSPS) is 12.1. The summed E-state index contributed by atoms with van der Waals surface area (Å²) in [4.78, 5) is 0. The molecule has 0 aromatic heterocycles. The number of nitriles is 1. The Morgan fingerprint density at radius 3 is 2.44 bits per heavy atom. The molecule has 18 heavy (non-hydrogen) atoms. The second-order valence-corrected chi connectivity index (χ2v) is 6.37. The fourth-order valence-corrected chi connectivity index (χ4v) is 1.86. The molecule has 0 N–H and O–H groups in total. The number of hydrogen-bond donors (Lipinski definition) is 0. The maximum atomic E-state index is 9.22. The van der Waals surface area contributed by atoms with Crippen LogP contribution in [0.25, 0.3) is 6.08 Å². The summed E-state index contributed by atoms with van der Waals surface area (Å²) >= 11 is 0. The molecule has 0 heterocycles. The van der Waals surface area contributed by atoms with Crippen LogP contribution in [0, 0.1) is 22.7 Å². The second kappa shape index (κ2) is 5.87. The van der Waals surface area contributed by atoms with Crippen molar-refractivity contribution in [3.8, 4) is 6.07 Å². The summed E-state index contributed by atoms with van der Waals surface area (Å²) in [5.41, 5.74) is 3.28. The van der Waals surface area contributed by atoms with Crippen molar-refractivity contribution in [2.24, 2.45) is 11.3 Å². The van der Waals surface area contributed by atoms with E-state index in [9.17, 15) is 5.26 Å². The van der Waals surface area contributed by atoms with Crippen LogP contribution in [0.4, 0.5) is 0 Å². The van der Waals surface area contributed by atoms with Crippen molar-refractivity contribution >= 4 is 6.08 Å². The molecule has 0 amide bonds.